The van der Waals surface area contributed by atoms with Crippen LogP contribution in [0.25, 0.3) is 11.1 Å². The van der Waals surface area contributed by atoms with Gasteiger partial charge in [-0.15, -0.1) is 0 Å². The Kier molecular flexibility index (Phi) is 9.76. The van der Waals surface area contributed by atoms with Crippen molar-refractivity contribution >= 4 is 11.7 Å². The van der Waals surface area contributed by atoms with Gasteiger partial charge in [-0.05, 0) is 121 Å². The number of piperidine rings is 1. The molecule has 1 aromatic heterocycles. The van der Waals surface area contributed by atoms with Crippen molar-refractivity contribution in [2.24, 2.45) is 5.41 Å². The third-order valence-electron chi connectivity index (χ3n) is 10.8. The number of anilines is 1. The van der Waals surface area contributed by atoms with Crippen molar-refractivity contribution in [1.29, 1.82) is 0 Å². The Balaban J connectivity index is 1.42. The Bertz CT molecular complexity index is 1640. The second kappa shape index (κ2) is 13.5. The Morgan fingerprint density at radius 1 is 0.979 bits per heavy atom. The molecule has 1 aliphatic carbocycles. The first-order valence-corrected chi connectivity index (χ1v) is 18.0. The zero-order valence-corrected chi connectivity index (χ0v) is 30.3. The van der Waals surface area contributed by atoms with Crippen LogP contribution >= 0.6 is 0 Å². The lowest BCUT2D eigenvalue weighted by molar-refractivity contribution is -0.171. The van der Waals surface area contributed by atoms with E-state index in [-0.39, 0.29) is 17.9 Å². The highest BCUT2D eigenvalue weighted by Gasteiger charge is 2.42. The first kappa shape index (κ1) is 34.6. The van der Waals surface area contributed by atoms with Gasteiger partial charge in [0.15, 0.2) is 6.10 Å². The Labute approximate surface area is 287 Å². The zero-order chi connectivity index (χ0) is 34.4. The normalized spacial score (nSPS) is 18.5. The summed E-state index contributed by atoms with van der Waals surface area (Å²) in [6.45, 7) is 20.0. The van der Waals surface area contributed by atoms with Gasteiger partial charge >= 0.3 is 5.97 Å². The average Bonchev–Trinajstić information content (AvgIpc) is 3.00. The summed E-state index contributed by atoms with van der Waals surface area (Å²) in [6.07, 6.45) is 6.03. The van der Waals surface area contributed by atoms with E-state index in [0.717, 1.165) is 90.3 Å². The van der Waals surface area contributed by atoms with Gasteiger partial charge in [-0.2, -0.15) is 0 Å². The molecule has 6 nitrogen and oxygen atoms in total. The third-order valence-corrected chi connectivity index (χ3v) is 10.8. The van der Waals surface area contributed by atoms with Crippen molar-refractivity contribution in [2.45, 2.75) is 125 Å². The number of hydrogen-bond donors (Lipinski definition) is 0. The van der Waals surface area contributed by atoms with Gasteiger partial charge in [0.2, 0.25) is 0 Å². The molecule has 1 spiro atoms. The standard InChI is InChI=1S/C41H54FN3O3/c1-26(2)47-39(46)38(48-40(6,7)8)36-29(5)43-28(4)35(37(36)45-21-18-41(19-22-45)16-10-17-41)31-13-14-32-24-44(20-15-30(32)23-31)25-33-27(3)11-9-12-34(33)42/h9,11-14,23,26,38H,10,15-22,24-25H2,1-8H3. The maximum Gasteiger partial charge on any atom is 0.340 e. The van der Waals surface area contributed by atoms with E-state index in [9.17, 15) is 9.18 Å². The third kappa shape index (κ3) is 7.18. The number of aromatic nitrogens is 1. The summed E-state index contributed by atoms with van der Waals surface area (Å²) in [7, 11) is 0. The second-order valence-electron chi connectivity index (χ2n) is 15.8. The molecule has 1 unspecified atom stereocenters. The SMILES string of the molecule is Cc1cccc(F)c1CN1CCc2cc(-c3c(C)nc(C)c(C(OC(C)(C)C)C(=O)OC(C)C)c3N3CCC4(CCC4)CC3)ccc2C1. The van der Waals surface area contributed by atoms with Crippen molar-refractivity contribution in [2.75, 3.05) is 24.5 Å². The van der Waals surface area contributed by atoms with Gasteiger partial charge in [0.1, 0.15) is 5.82 Å². The quantitative estimate of drug-likeness (QED) is 0.226. The summed E-state index contributed by atoms with van der Waals surface area (Å²) < 4.78 is 27.1. The van der Waals surface area contributed by atoms with E-state index in [0.29, 0.717) is 12.0 Å². The average molecular weight is 656 g/mol. The first-order chi connectivity index (χ1) is 22.7. The summed E-state index contributed by atoms with van der Waals surface area (Å²) in [5.41, 5.74) is 10.1. The number of carbonyl (C=O) groups is 1. The molecular weight excluding hydrogens is 601 g/mol. The van der Waals surface area contributed by atoms with Gasteiger partial charge in [-0.25, -0.2) is 9.18 Å². The number of esters is 1. The topological polar surface area (TPSA) is 54.9 Å². The van der Waals surface area contributed by atoms with Crippen LogP contribution in [0.4, 0.5) is 10.1 Å². The molecule has 7 heteroatoms. The smallest absolute Gasteiger partial charge is 0.340 e. The van der Waals surface area contributed by atoms with Crippen molar-refractivity contribution in [3.05, 3.63) is 81.4 Å². The molecule has 48 heavy (non-hydrogen) atoms. The molecule has 2 fully saturated rings. The van der Waals surface area contributed by atoms with E-state index < -0.39 is 11.7 Å². The van der Waals surface area contributed by atoms with Crippen molar-refractivity contribution in [3.63, 3.8) is 0 Å². The van der Waals surface area contributed by atoms with Crippen LogP contribution in [0.1, 0.15) is 112 Å². The number of nitrogens with zero attached hydrogens (tertiary/aromatic N) is 3. The number of rotatable bonds is 8. The molecular formula is C41H54FN3O3. The minimum absolute atomic E-state index is 0.131. The predicted octanol–water partition coefficient (Wildman–Crippen LogP) is 8.95. The van der Waals surface area contributed by atoms with Gasteiger partial charge < -0.3 is 14.4 Å². The van der Waals surface area contributed by atoms with Gasteiger partial charge in [-0.1, -0.05) is 36.8 Å². The van der Waals surface area contributed by atoms with Crippen LogP contribution in [-0.4, -0.2) is 47.2 Å². The fourth-order valence-corrected chi connectivity index (χ4v) is 8.08. The van der Waals surface area contributed by atoms with Crippen LogP contribution < -0.4 is 4.90 Å². The molecule has 2 aliphatic heterocycles. The molecule has 0 amide bonds. The van der Waals surface area contributed by atoms with Gasteiger partial charge in [0.25, 0.3) is 0 Å². The minimum Gasteiger partial charge on any atom is -0.461 e. The molecule has 3 aliphatic rings. The van der Waals surface area contributed by atoms with Crippen LogP contribution in [0.2, 0.25) is 0 Å². The molecule has 3 heterocycles. The summed E-state index contributed by atoms with van der Waals surface area (Å²) in [5.74, 6) is -0.502. The van der Waals surface area contributed by atoms with Crippen LogP contribution in [0.3, 0.4) is 0 Å². The largest absolute Gasteiger partial charge is 0.461 e. The molecule has 2 aromatic carbocycles. The maximum absolute atomic E-state index is 14.7. The van der Waals surface area contributed by atoms with Crippen LogP contribution in [0, 0.1) is 32.0 Å². The number of halogens is 1. The molecule has 1 saturated heterocycles. The fourth-order valence-electron chi connectivity index (χ4n) is 8.08. The fraction of sp³-hybridized carbons (Fsp3) is 0.561. The van der Waals surface area contributed by atoms with Crippen LogP contribution in [0.5, 0.6) is 0 Å². The number of benzene rings is 2. The van der Waals surface area contributed by atoms with Gasteiger partial charge in [-0.3, -0.25) is 9.88 Å². The monoisotopic (exact) mass is 655 g/mol. The number of hydrogen-bond acceptors (Lipinski definition) is 6. The van der Waals surface area contributed by atoms with Crippen LogP contribution in [-0.2, 0) is 33.8 Å². The van der Waals surface area contributed by atoms with Gasteiger partial charge in [0, 0.05) is 60.8 Å². The second-order valence-corrected chi connectivity index (χ2v) is 15.8. The summed E-state index contributed by atoms with van der Waals surface area (Å²) >= 11 is 0. The van der Waals surface area contributed by atoms with Crippen LogP contribution in [0.15, 0.2) is 36.4 Å². The summed E-state index contributed by atoms with van der Waals surface area (Å²) in [5, 5.41) is 0. The number of pyridine rings is 1. The van der Waals surface area contributed by atoms with Gasteiger partial charge in [0.05, 0.1) is 17.4 Å². The Morgan fingerprint density at radius 2 is 1.71 bits per heavy atom. The lowest BCUT2D eigenvalue weighted by atomic mass is 9.63. The Morgan fingerprint density at radius 3 is 2.33 bits per heavy atom. The lowest BCUT2D eigenvalue weighted by Gasteiger charge is -2.49. The molecule has 1 atom stereocenters. The van der Waals surface area contributed by atoms with E-state index in [1.54, 1.807) is 12.1 Å². The number of carbonyl (C=O) groups excluding carboxylic acids is 1. The number of ether oxygens (including phenoxy) is 2. The molecule has 258 valence electrons. The van der Waals surface area contributed by atoms with E-state index in [1.165, 1.54) is 30.4 Å². The highest BCUT2D eigenvalue weighted by molar-refractivity contribution is 5.88. The highest BCUT2D eigenvalue weighted by atomic mass is 19.1. The molecule has 0 radical (unpaired) electrons. The molecule has 1 saturated carbocycles. The minimum atomic E-state index is -0.901. The number of aryl methyl sites for hydroxylation is 3. The molecule has 0 N–H and O–H groups in total. The highest BCUT2D eigenvalue weighted by Crippen LogP contribution is 2.51. The van der Waals surface area contributed by atoms with Crippen molar-refractivity contribution in [1.82, 2.24) is 9.88 Å². The molecule has 0 bridgehead atoms. The summed E-state index contributed by atoms with van der Waals surface area (Å²) in [6, 6.07) is 12.1. The zero-order valence-electron chi connectivity index (χ0n) is 30.3. The van der Waals surface area contributed by atoms with E-state index in [1.807, 2.05) is 54.5 Å². The predicted molar refractivity (Wildman–Crippen MR) is 191 cm³/mol. The molecule has 6 rings (SSSR count). The van der Waals surface area contributed by atoms with Crippen molar-refractivity contribution < 1.29 is 18.7 Å². The maximum atomic E-state index is 14.7. The Hall–Kier alpha value is -3.29. The summed E-state index contributed by atoms with van der Waals surface area (Å²) in [4.78, 5) is 23.8. The first-order valence-electron chi connectivity index (χ1n) is 18.0. The van der Waals surface area contributed by atoms with Crippen molar-refractivity contribution in [3.8, 4) is 11.1 Å². The van der Waals surface area contributed by atoms with E-state index in [4.69, 9.17) is 14.5 Å². The number of fused-ring (bicyclic) bond motifs is 1. The molecule has 3 aromatic rings. The van der Waals surface area contributed by atoms with E-state index in [2.05, 4.69) is 34.9 Å². The van der Waals surface area contributed by atoms with E-state index >= 15 is 0 Å². The lowest BCUT2D eigenvalue weighted by Crippen LogP contribution is -2.44.